The molecule has 0 aromatic carbocycles. The van der Waals surface area contributed by atoms with Gasteiger partial charge in [-0.15, -0.1) is 0 Å². The van der Waals surface area contributed by atoms with Crippen LogP contribution in [-0.4, -0.2) is 18.3 Å². The molecule has 0 bridgehead atoms. The van der Waals surface area contributed by atoms with Crippen molar-refractivity contribution in [2.75, 3.05) is 0 Å². The first-order chi connectivity index (χ1) is 9.32. The van der Waals surface area contributed by atoms with Crippen LogP contribution in [0.5, 0.6) is 0 Å². The number of rotatable bonds is 5. The second-order valence-electron chi connectivity index (χ2n) is 6.08. The van der Waals surface area contributed by atoms with Crippen LogP contribution in [0, 0.1) is 11.8 Å². The van der Waals surface area contributed by atoms with E-state index in [-0.39, 0.29) is 18.3 Å². The molecule has 0 radical (unpaired) electrons. The Morgan fingerprint density at radius 1 is 1.25 bits per heavy atom. The molecule has 4 nitrogen and oxygen atoms in total. The molecule has 1 aliphatic carbocycles. The molecule has 20 heavy (non-hydrogen) atoms. The van der Waals surface area contributed by atoms with Gasteiger partial charge in [0.2, 0.25) is 5.50 Å². The largest absolute Gasteiger partial charge is 0.478 e. The fourth-order valence-corrected chi connectivity index (χ4v) is 4.69. The van der Waals surface area contributed by atoms with Crippen molar-refractivity contribution in [3.63, 3.8) is 0 Å². The molecule has 0 aromatic heterocycles. The summed E-state index contributed by atoms with van der Waals surface area (Å²) in [4.78, 5) is 0. The maximum Gasteiger partial charge on any atom is 0.395 e. The molecule has 0 spiro atoms. The molecule has 2 aliphatic rings. The molecule has 3 atom stereocenters. The van der Waals surface area contributed by atoms with E-state index in [1.165, 1.54) is 0 Å². The molecule has 0 N–H and O–H groups in total. The Morgan fingerprint density at radius 3 is 2.40 bits per heavy atom. The Balaban J connectivity index is 2.26. The van der Waals surface area contributed by atoms with Crippen molar-refractivity contribution >= 4 is 7.60 Å². The topological polar surface area (TPSA) is 44.8 Å². The first-order valence-electron chi connectivity index (χ1n) is 7.34. The zero-order valence-corrected chi connectivity index (χ0v) is 13.8. The third-order valence-corrected chi connectivity index (χ3v) is 5.66. The van der Waals surface area contributed by atoms with Crippen LogP contribution in [0.3, 0.4) is 0 Å². The molecule has 1 heterocycles. The van der Waals surface area contributed by atoms with Gasteiger partial charge in [0.1, 0.15) is 6.10 Å². The second-order valence-corrected chi connectivity index (χ2v) is 7.94. The van der Waals surface area contributed by atoms with Crippen LogP contribution in [0.25, 0.3) is 0 Å². The van der Waals surface area contributed by atoms with Gasteiger partial charge in [0.25, 0.3) is 0 Å². The Hall–Kier alpha value is -0.570. The predicted octanol–water partition coefficient (Wildman–Crippen LogP) is 4.48. The van der Waals surface area contributed by atoms with Gasteiger partial charge in [0.15, 0.2) is 0 Å². The summed E-state index contributed by atoms with van der Waals surface area (Å²) in [6.45, 7) is 9.52. The molecule has 1 aliphatic heterocycles. The van der Waals surface area contributed by atoms with Gasteiger partial charge in [-0.2, -0.15) is 0 Å². The van der Waals surface area contributed by atoms with Crippen molar-refractivity contribution in [2.45, 2.75) is 59.4 Å². The predicted molar refractivity (Wildman–Crippen MR) is 79.4 cm³/mol. The maximum atomic E-state index is 13.1. The fourth-order valence-electron chi connectivity index (χ4n) is 2.65. The van der Waals surface area contributed by atoms with Crippen LogP contribution in [0.15, 0.2) is 23.7 Å². The van der Waals surface area contributed by atoms with E-state index in [1.54, 1.807) is 0 Å². The van der Waals surface area contributed by atoms with Crippen molar-refractivity contribution in [1.82, 2.24) is 0 Å². The number of hydrogen-bond acceptors (Lipinski definition) is 4. The van der Waals surface area contributed by atoms with Crippen LogP contribution in [0.2, 0.25) is 0 Å². The number of allylic oxidation sites excluding steroid dienone is 2. The highest BCUT2D eigenvalue weighted by Gasteiger charge is 2.42. The van der Waals surface area contributed by atoms with Crippen molar-refractivity contribution in [3.05, 3.63) is 23.7 Å². The smallest absolute Gasteiger partial charge is 0.395 e. The van der Waals surface area contributed by atoms with Gasteiger partial charge in [-0.3, -0.25) is 4.57 Å². The van der Waals surface area contributed by atoms with Crippen LogP contribution in [0.4, 0.5) is 0 Å². The van der Waals surface area contributed by atoms with Crippen LogP contribution in [-0.2, 0) is 18.3 Å². The average molecular weight is 300 g/mol. The quantitative estimate of drug-likeness (QED) is 0.554. The molecule has 0 saturated heterocycles. The van der Waals surface area contributed by atoms with Gasteiger partial charge in [0, 0.05) is 5.92 Å². The highest BCUT2D eigenvalue weighted by molar-refractivity contribution is 7.58. The maximum absolute atomic E-state index is 13.1. The van der Waals surface area contributed by atoms with Crippen molar-refractivity contribution in [2.24, 2.45) is 11.8 Å². The van der Waals surface area contributed by atoms with E-state index in [4.69, 9.17) is 13.8 Å². The van der Waals surface area contributed by atoms with E-state index in [0.29, 0.717) is 17.3 Å². The van der Waals surface area contributed by atoms with Crippen LogP contribution in [0.1, 0.15) is 41.0 Å². The summed E-state index contributed by atoms with van der Waals surface area (Å²) in [5.74, 6) is 0.740. The van der Waals surface area contributed by atoms with Gasteiger partial charge >= 0.3 is 7.60 Å². The monoisotopic (exact) mass is 300 g/mol. The van der Waals surface area contributed by atoms with Crippen molar-refractivity contribution in [3.8, 4) is 0 Å². The van der Waals surface area contributed by atoms with E-state index in [0.717, 1.165) is 6.42 Å². The van der Waals surface area contributed by atoms with Gasteiger partial charge < -0.3 is 13.8 Å². The highest BCUT2D eigenvalue weighted by atomic mass is 31.2. The molecule has 0 amide bonds. The van der Waals surface area contributed by atoms with Crippen LogP contribution >= 0.6 is 7.60 Å². The summed E-state index contributed by atoms with van der Waals surface area (Å²) in [5, 5.41) is 0. The molecule has 5 heteroatoms. The zero-order chi connectivity index (χ0) is 14.9. The molecular formula is C15H25O4P. The summed E-state index contributed by atoms with van der Waals surface area (Å²) < 4.78 is 30.2. The van der Waals surface area contributed by atoms with E-state index in [9.17, 15) is 4.57 Å². The van der Waals surface area contributed by atoms with E-state index >= 15 is 0 Å². The molecular weight excluding hydrogens is 275 g/mol. The van der Waals surface area contributed by atoms with E-state index in [2.05, 4.69) is 13.0 Å². The summed E-state index contributed by atoms with van der Waals surface area (Å²) >= 11 is 0. The first kappa shape index (κ1) is 15.8. The van der Waals surface area contributed by atoms with Crippen LogP contribution < -0.4 is 0 Å². The standard InChI is InChI=1S/C15H25O4P/c1-10(2)18-20(16,19-11(3)4)15-9-12(5)13-7-6-8-14(13)17-15/h6,8-14H,7H2,1-5H3/t12-,13-,14+/m0/s1. The SMILES string of the molecule is CC(C)OP(=O)(OC(C)C)C1=C[C@H](C)[C@@H]2CC=C[C@H]2O1. The fraction of sp³-hybridized carbons (Fsp3) is 0.733. The number of hydrogen-bond donors (Lipinski definition) is 0. The third-order valence-electron chi connectivity index (χ3n) is 3.46. The van der Waals surface area contributed by atoms with E-state index in [1.807, 2.05) is 39.8 Å². The summed E-state index contributed by atoms with van der Waals surface area (Å²) in [5.41, 5.74) is 0.375. The third kappa shape index (κ3) is 3.36. The zero-order valence-electron chi connectivity index (χ0n) is 12.9. The molecule has 114 valence electrons. The summed E-state index contributed by atoms with van der Waals surface area (Å²) in [6, 6.07) is 0. The Labute approximate surface area is 121 Å². The second kappa shape index (κ2) is 6.05. The summed E-state index contributed by atoms with van der Waals surface area (Å²) in [6.07, 6.45) is 6.72. The number of ether oxygens (including phenoxy) is 1. The minimum Gasteiger partial charge on any atom is -0.478 e. The minimum atomic E-state index is -3.39. The van der Waals surface area contributed by atoms with E-state index < -0.39 is 7.60 Å². The average Bonchev–Trinajstić information content (AvgIpc) is 2.75. The lowest BCUT2D eigenvalue weighted by Gasteiger charge is -2.34. The van der Waals surface area contributed by atoms with Crippen molar-refractivity contribution in [1.29, 1.82) is 0 Å². The lowest BCUT2D eigenvalue weighted by Crippen LogP contribution is -2.28. The molecule has 0 aromatic rings. The van der Waals surface area contributed by atoms with Crippen molar-refractivity contribution < 1.29 is 18.3 Å². The Bertz CT molecular complexity index is 439. The molecule has 2 rings (SSSR count). The molecule has 0 unspecified atom stereocenters. The lowest BCUT2D eigenvalue weighted by molar-refractivity contribution is 0.0658. The number of fused-ring (bicyclic) bond motifs is 1. The lowest BCUT2D eigenvalue weighted by atomic mass is 9.89. The van der Waals surface area contributed by atoms with Gasteiger partial charge in [-0.1, -0.05) is 13.0 Å². The van der Waals surface area contributed by atoms with Gasteiger partial charge in [0.05, 0.1) is 12.2 Å². The van der Waals surface area contributed by atoms with Gasteiger partial charge in [-0.25, -0.2) is 0 Å². The molecule has 0 fully saturated rings. The summed E-state index contributed by atoms with van der Waals surface area (Å²) in [7, 11) is -3.39. The first-order valence-corrected chi connectivity index (χ1v) is 8.88. The highest BCUT2D eigenvalue weighted by Crippen LogP contribution is 2.60. The van der Waals surface area contributed by atoms with Gasteiger partial charge in [-0.05, 0) is 52.2 Å². The normalized spacial score (nSPS) is 29.6. The Kier molecular flexibility index (Phi) is 4.78. The molecule has 0 saturated carbocycles. The Morgan fingerprint density at radius 2 is 1.85 bits per heavy atom. The minimum absolute atomic E-state index is 0.00940.